The molecule has 0 aliphatic carbocycles. The Hall–Kier alpha value is -0.950. The van der Waals surface area contributed by atoms with Gasteiger partial charge in [-0.25, -0.2) is 8.42 Å². The molecule has 108 valence electrons. The summed E-state index contributed by atoms with van der Waals surface area (Å²) >= 11 is 0. The van der Waals surface area contributed by atoms with Crippen LogP contribution in [0.25, 0.3) is 0 Å². The van der Waals surface area contributed by atoms with E-state index in [0.717, 1.165) is 5.56 Å². The number of aliphatic hydroxyl groups excluding tert-OH is 1. The van der Waals surface area contributed by atoms with Gasteiger partial charge in [0.1, 0.15) is 0 Å². The molecule has 0 aliphatic rings. The van der Waals surface area contributed by atoms with Gasteiger partial charge >= 0.3 is 0 Å². The zero-order chi connectivity index (χ0) is 14.5. The number of hydrogen-bond acceptors (Lipinski definition) is 4. The van der Waals surface area contributed by atoms with E-state index in [4.69, 9.17) is 4.74 Å². The van der Waals surface area contributed by atoms with Crippen molar-refractivity contribution in [2.75, 3.05) is 26.8 Å². The minimum atomic E-state index is -3.53. The first-order valence-corrected chi connectivity index (χ1v) is 7.62. The van der Waals surface area contributed by atoms with Crippen LogP contribution in [0.2, 0.25) is 0 Å². The summed E-state index contributed by atoms with van der Waals surface area (Å²) in [4.78, 5) is 0.196. The lowest BCUT2D eigenvalue weighted by atomic mass is 10.1. The molecule has 0 aromatic heterocycles. The zero-order valence-corrected chi connectivity index (χ0v) is 12.4. The molecule has 19 heavy (non-hydrogen) atoms. The molecule has 0 radical (unpaired) electrons. The van der Waals surface area contributed by atoms with Gasteiger partial charge in [0.25, 0.3) is 0 Å². The lowest BCUT2D eigenvalue weighted by Gasteiger charge is -2.17. The van der Waals surface area contributed by atoms with Crippen molar-refractivity contribution in [3.63, 3.8) is 0 Å². The van der Waals surface area contributed by atoms with Crippen LogP contribution in [0.5, 0.6) is 0 Å². The number of sulfonamides is 1. The van der Waals surface area contributed by atoms with Gasteiger partial charge in [-0.3, -0.25) is 0 Å². The van der Waals surface area contributed by atoms with Crippen LogP contribution in [0.15, 0.2) is 23.1 Å². The summed E-state index contributed by atoms with van der Waals surface area (Å²) in [6.07, 6.45) is 0. The number of nitrogens with zero attached hydrogens (tertiary/aromatic N) is 1. The number of benzene rings is 1. The van der Waals surface area contributed by atoms with E-state index in [1.807, 2.05) is 13.8 Å². The SMILES string of the molecule is CCOCCN(C)S(=O)(=O)c1ccc(C)c(CO)c1. The van der Waals surface area contributed by atoms with Crippen molar-refractivity contribution < 1.29 is 18.3 Å². The standard InChI is InChI=1S/C13H21NO4S/c1-4-18-8-7-14(3)19(16,17)13-6-5-11(2)12(9-13)10-15/h5-6,9,15H,4,7-8,10H2,1-3H3. The van der Waals surface area contributed by atoms with Crippen LogP contribution in [-0.2, 0) is 21.4 Å². The number of ether oxygens (including phenoxy) is 1. The third kappa shape index (κ3) is 4.01. The summed E-state index contributed by atoms with van der Waals surface area (Å²) in [5.41, 5.74) is 1.50. The Balaban J connectivity index is 2.93. The van der Waals surface area contributed by atoms with Crippen molar-refractivity contribution in [1.29, 1.82) is 0 Å². The Kier molecular flexibility index (Phi) is 5.93. The Morgan fingerprint density at radius 3 is 2.63 bits per heavy atom. The summed E-state index contributed by atoms with van der Waals surface area (Å²) in [5, 5.41) is 9.19. The number of likely N-dealkylation sites (N-methyl/N-ethyl adjacent to an activating group) is 1. The third-order valence-electron chi connectivity index (χ3n) is 2.95. The number of aryl methyl sites for hydroxylation is 1. The van der Waals surface area contributed by atoms with Crippen molar-refractivity contribution in [1.82, 2.24) is 4.31 Å². The molecule has 0 saturated carbocycles. The fourth-order valence-electron chi connectivity index (χ4n) is 1.62. The number of rotatable bonds is 7. The van der Waals surface area contributed by atoms with E-state index >= 15 is 0 Å². The van der Waals surface area contributed by atoms with Crippen molar-refractivity contribution >= 4 is 10.0 Å². The largest absolute Gasteiger partial charge is 0.392 e. The smallest absolute Gasteiger partial charge is 0.242 e. The normalized spacial score (nSPS) is 12.1. The quantitative estimate of drug-likeness (QED) is 0.764. The molecule has 0 unspecified atom stereocenters. The van der Waals surface area contributed by atoms with Gasteiger partial charge < -0.3 is 9.84 Å². The molecule has 0 aliphatic heterocycles. The Morgan fingerprint density at radius 2 is 2.05 bits per heavy atom. The van der Waals surface area contributed by atoms with Crippen molar-refractivity contribution in [2.24, 2.45) is 0 Å². The summed E-state index contributed by atoms with van der Waals surface area (Å²) in [6.45, 7) is 4.76. The van der Waals surface area contributed by atoms with E-state index in [9.17, 15) is 13.5 Å². The maximum Gasteiger partial charge on any atom is 0.242 e. The third-order valence-corrected chi connectivity index (χ3v) is 4.81. The lowest BCUT2D eigenvalue weighted by molar-refractivity contribution is 0.138. The van der Waals surface area contributed by atoms with Crippen LogP contribution in [0.1, 0.15) is 18.1 Å². The average molecular weight is 287 g/mol. The van der Waals surface area contributed by atoms with Crippen molar-refractivity contribution in [2.45, 2.75) is 25.3 Å². The molecule has 0 saturated heterocycles. The molecule has 0 heterocycles. The fourth-order valence-corrected chi connectivity index (χ4v) is 2.82. The van der Waals surface area contributed by atoms with Crippen LogP contribution in [0.4, 0.5) is 0 Å². The highest BCUT2D eigenvalue weighted by atomic mass is 32.2. The highest BCUT2D eigenvalue weighted by Crippen LogP contribution is 2.18. The molecule has 1 N–H and O–H groups in total. The predicted octanol–water partition coefficient (Wildman–Crippen LogP) is 1.14. The van der Waals surface area contributed by atoms with Crippen molar-refractivity contribution in [3.05, 3.63) is 29.3 Å². The van der Waals surface area contributed by atoms with E-state index in [2.05, 4.69) is 0 Å². The number of aliphatic hydroxyl groups is 1. The van der Waals surface area contributed by atoms with Crippen molar-refractivity contribution in [3.8, 4) is 0 Å². The first-order valence-electron chi connectivity index (χ1n) is 6.18. The summed E-state index contributed by atoms with van der Waals surface area (Å²) in [5.74, 6) is 0. The van der Waals surface area contributed by atoms with E-state index in [1.54, 1.807) is 12.1 Å². The molecular weight excluding hydrogens is 266 g/mol. The van der Waals surface area contributed by atoms with Gasteiger partial charge in [0.15, 0.2) is 0 Å². The molecule has 1 rings (SSSR count). The molecule has 1 aromatic carbocycles. The van der Waals surface area contributed by atoms with Gasteiger partial charge in [-0.05, 0) is 37.1 Å². The molecule has 6 heteroatoms. The minimum Gasteiger partial charge on any atom is -0.392 e. The fraction of sp³-hybridized carbons (Fsp3) is 0.538. The highest BCUT2D eigenvalue weighted by Gasteiger charge is 2.21. The number of hydrogen-bond donors (Lipinski definition) is 1. The van der Waals surface area contributed by atoms with Crippen LogP contribution in [0, 0.1) is 6.92 Å². The molecule has 0 atom stereocenters. The molecular formula is C13H21NO4S. The van der Waals surface area contributed by atoms with Crippen LogP contribution < -0.4 is 0 Å². The maximum absolute atomic E-state index is 12.3. The first-order chi connectivity index (χ1) is 8.93. The molecule has 5 nitrogen and oxygen atoms in total. The van der Waals surface area contributed by atoms with E-state index in [0.29, 0.717) is 25.3 Å². The minimum absolute atomic E-state index is 0.169. The summed E-state index contributed by atoms with van der Waals surface area (Å²) in [7, 11) is -2.01. The topological polar surface area (TPSA) is 66.8 Å². The predicted molar refractivity (Wildman–Crippen MR) is 73.4 cm³/mol. The summed E-state index contributed by atoms with van der Waals surface area (Å²) < 4.78 is 31.0. The maximum atomic E-state index is 12.3. The van der Waals surface area contributed by atoms with Gasteiger partial charge in [-0.2, -0.15) is 4.31 Å². The Morgan fingerprint density at radius 1 is 1.37 bits per heavy atom. The molecule has 0 bridgehead atoms. The second-order valence-electron chi connectivity index (χ2n) is 4.27. The second kappa shape index (κ2) is 7.00. The first kappa shape index (κ1) is 16.1. The molecule has 1 aromatic rings. The van der Waals surface area contributed by atoms with Gasteiger partial charge in [0.2, 0.25) is 10.0 Å². The van der Waals surface area contributed by atoms with Crippen LogP contribution in [0.3, 0.4) is 0 Å². The van der Waals surface area contributed by atoms with Gasteiger partial charge in [0.05, 0.1) is 18.1 Å². The van der Waals surface area contributed by atoms with Gasteiger partial charge in [-0.1, -0.05) is 6.07 Å². The van der Waals surface area contributed by atoms with Gasteiger partial charge in [-0.15, -0.1) is 0 Å². The highest BCUT2D eigenvalue weighted by molar-refractivity contribution is 7.89. The zero-order valence-electron chi connectivity index (χ0n) is 11.6. The monoisotopic (exact) mass is 287 g/mol. The summed E-state index contributed by atoms with van der Waals surface area (Å²) in [6, 6.07) is 4.78. The lowest BCUT2D eigenvalue weighted by Crippen LogP contribution is -2.30. The van der Waals surface area contributed by atoms with Crippen LogP contribution in [-0.4, -0.2) is 44.6 Å². The second-order valence-corrected chi connectivity index (χ2v) is 6.31. The van der Waals surface area contributed by atoms with Gasteiger partial charge in [0, 0.05) is 20.2 Å². The van der Waals surface area contributed by atoms with E-state index < -0.39 is 10.0 Å². The molecule has 0 amide bonds. The van der Waals surface area contributed by atoms with Crippen LogP contribution >= 0.6 is 0 Å². The Bertz CT molecular complexity index is 513. The Labute approximate surface area is 114 Å². The molecule has 0 spiro atoms. The molecule has 0 fully saturated rings. The van der Waals surface area contributed by atoms with E-state index in [1.165, 1.54) is 17.4 Å². The van der Waals surface area contributed by atoms with E-state index in [-0.39, 0.29) is 11.5 Å². The average Bonchev–Trinajstić information content (AvgIpc) is 2.39.